The normalized spacial score (nSPS) is 10.0. The lowest BCUT2D eigenvalue weighted by Gasteiger charge is -2.15. The van der Waals surface area contributed by atoms with Gasteiger partial charge in [-0.2, -0.15) is 0 Å². The molecule has 2 rings (SSSR count). The molecule has 0 fully saturated rings. The van der Waals surface area contributed by atoms with Gasteiger partial charge >= 0.3 is 0 Å². The van der Waals surface area contributed by atoms with E-state index in [0.717, 1.165) is 5.56 Å². The van der Waals surface area contributed by atoms with Crippen LogP contribution in [0.2, 0.25) is 0 Å². The number of amides is 1. The minimum absolute atomic E-state index is 0.204. The molecule has 0 radical (unpaired) electrons. The summed E-state index contributed by atoms with van der Waals surface area (Å²) in [5, 5.41) is 2.74. The molecule has 0 saturated heterocycles. The molecule has 2 aromatic carbocycles. The molecule has 0 bridgehead atoms. The molecule has 2 aromatic rings. The minimum atomic E-state index is -0.332. The number of carbonyl (C=O) groups is 1. The number of rotatable bonds is 8. The number of hydrogen-bond donors (Lipinski definition) is 1. The van der Waals surface area contributed by atoms with Crippen LogP contribution in [0.4, 0.5) is 5.69 Å². The topological polar surface area (TPSA) is 75.3 Å². The lowest BCUT2D eigenvalue weighted by molar-refractivity contribution is -0.118. The van der Waals surface area contributed by atoms with E-state index < -0.39 is 0 Å². The Morgan fingerprint density at radius 2 is 1.42 bits per heavy atom. The first-order valence-electron chi connectivity index (χ1n) is 7.89. The summed E-state index contributed by atoms with van der Waals surface area (Å²) in [6.45, 7) is 1.71. The van der Waals surface area contributed by atoms with Crippen LogP contribution in [0, 0.1) is 6.92 Å². The van der Waals surface area contributed by atoms with Crippen LogP contribution in [0.15, 0.2) is 30.3 Å². The number of nitrogens with one attached hydrogen (secondary N) is 1. The standard InChI is InChI=1S/C19H23NO6/c1-12-8-16(24-4)19(17(9-12)25-5)26-11-18(21)20-13-6-7-14(22-2)15(10-13)23-3/h6-10H,11H2,1-5H3,(H,20,21). The highest BCUT2D eigenvalue weighted by Crippen LogP contribution is 2.38. The minimum Gasteiger partial charge on any atom is -0.493 e. The van der Waals surface area contributed by atoms with Crippen LogP contribution in [0.1, 0.15) is 5.56 Å². The zero-order chi connectivity index (χ0) is 19.1. The summed E-state index contributed by atoms with van der Waals surface area (Å²) in [6, 6.07) is 8.71. The average Bonchev–Trinajstić information content (AvgIpc) is 2.65. The summed E-state index contributed by atoms with van der Waals surface area (Å²) >= 11 is 0. The lowest BCUT2D eigenvalue weighted by atomic mass is 10.2. The molecule has 0 saturated carbocycles. The van der Waals surface area contributed by atoms with Crippen molar-refractivity contribution < 1.29 is 28.5 Å². The van der Waals surface area contributed by atoms with Crippen LogP contribution in [0.5, 0.6) is 28.7 Å². The van der Waals surface area contributed by atoms with Crippen LogP contribution in [0.3, 0.4) is 0 Å². The largest absolute Gasteiger partial charge is 0.493 e. The molecular weight excluding hydrogens is 338 g/mol. The highest BCUT2D eigenvalue weighted by atomic mass is 16.5. The third-order valence-electron chi connectivity index (χ3n) is 3.62. The van der Waals surface area contributed by atoms with Gasteiger partial charge in [0, 0.05) is 11.8 Å². The predicted molar refractivity (Wildman–Crippen MR) is 98.0 cm³/mol. The first kappa shape index (κ1) is 19.2. The summed E-state index contributed by atoms with van der Waals surface area (Å²) < 4.78 is 26.6. The fraction of sp³-hybridized carbons (Fsp3) is 0.316. The van der Waals surface area contributed by atoms with E-state index in [0.29, 0.717) is 34.4 Å². The summed E-state index contributed by atoms with van der Waals surface area (Å²) in [7, 11) is 6.14. The van der Waals surface area contributed by atoms with Gasteiger partial charge in [-0.15, -0.1) is 0 Å². The molecule has 1 amide bonds. The molecule has 1 N–H and O–H groups in total. The van der Waals surface area contributed by atoms with Crippen LogP contribution in [0.25, 0.3) is 0 Å². The van der Waals surface area contributed by atoms with Gasteiger partial charge in [-0.05, 0) is 36.8 Å². The van der Waals surface area contributed by atoms with Crippen molar-refractivity contribution in [3.05, 3.63) is 35.9 Å². The summed E-state index contributed by atoms with van der Waals surface area (Å²) in [6.07, 6.45) is 0. The number of methoxy groups -OCH3 is 4. The van der Waals surface area contributed by atoms with Gasteiger partial charge < -0.3 is 29.0 Å². The number of hydrogen-bond acceptors (Lipinski definition) is 6. The van der Waals surface area contributed by atoms with Crippen molar-refractivity contribution in [3.63, 3.8) is 0 Å². The Hall–Kier alpha value is -3.09. The highest BCUT2D eigenvalue weighted by Gasteiger charge is 2.15. The summed E-state index contributed by atoms with van der Waals surface area (Å²) in [5.41, 5.74) is 1.53. The van der Waals surface area contributed by atoms with E-state index in [1.165, 1.54) is 21.3 Å². The maximum atomic E-state index is 12.2. The number of carbonyl (C=O) groups excluding carboxylic acids is 1. The second-order valence-electron chi connectivity index (χ2n) is 5.41. The lowest BCUT2D eigenvalue weighted by Crippen LogP contribution is -2.20. The van der Waals surface area contributed by atoms with Crippen molar-refractivity contribution in [2.45, 2.75) is 6.92 Å². The average molecular weight is 361 g/mol. The van der Waals surface area contributed by atoms with E-state index in [9.17, 15) is 4.79 Å². The number of ether oxygens (including phenoxy) is 5. The van der Waals surface area contributed by atoms with E-state index in [-0.39, 0.29) is 12.5 Å². The fourth-order valence-corrected chi connectivity index (χ4v) is 2.40. The molecule has 0 atom stereocenters. The van der Waals surface area contributed by atoms with Gasteiger partial charge in [0.05, 0.1) is 28.4 Å². The van der Waals surface area contributed by atoms with Gasteiger partial charge in [-0.1, -0.05) is 0 Å². The number of anilines is 1. The van der Waals surface area contributed by atoms with Gasteiger partial charge in [0.1, 0.15) is 0 Å². The zero-order valence-corrected chi connectivity index (χ0v) is 15.5. The Bertz CT molecular complexity index is 750. The van der Waals surface area contributed by atoms with Crippen molar-refractivity contribution in [1.82, 2.24) is 0 Å². The van der Waals surface area contributed by atoms with Gasteiger partial charge in [0.2, 0.25) is 5.75 Å². The fourth-order valence-electron chi connectivity index (χ4n) is 2.40. The van der Waals surface area contributed by atoms with Gasteiger partial charge in [0.25, 0.3) is 5.91 Å². The van der Waals surface area contributed by atoms with Crippen molar-refractivity contribution in [1.29, 1.82) is 0 Å². The maximum absolute atomic E-state index is 12.2. The van der Waals surface area contributed by atoms with Crippen LogP contribution >= 0.6 is 0 Å². The van der Waals surface area contributed by atoms with Gasteiger partial charge in [0.15, 0.2) is 29.6 Å². The van der Waals surface area contributed by atoms with E-state index in [1.807, 2.05) is 19.1 Å². The maximum Gasteiger partial charge on any atom is 0.262 e. The molecule has 0 heterocycles. The third-order valence-corrected chi connectivity index (χ3v) is 3.62. The first-order valence-corrected chi connectivity index (χ1v) is 7.89. The molecule has 7 heteroatoms. The molecule has 0 aliphatic rings. The van der Waals surface area contributed by atoms with E-state index in [4.69, 9.17) is 23.7 Å². The third kappa shape index (κ3) is 4.50. The quantitative estimate of drug-likeness (QED) is 0.779. The molecule has 0 aromatic heterocycles. The molecule has 7 nitrogen and oxygen atoms in total. The number of benzene rings is 2. The Morgan fingerprint density at radius 3 is 1.96 bits per heavy atom. The van der Waals surface area contributed by atoms with Crippen molar-refractivity contribution in [2.75, 3.05) is 40.4 Å². The van der Waals surface area contributed by atoms with E-state index >= 15 is 0 Å². The predicted octanol–water partition coefficient (Wildman–Crippen LogP) is 3.05. The Balaban J connectivity index is 2.08. The molecule has 0 spiro atoms. The van der Waals surface area contributed by atoms with E-state index in [1.54, 1.807) is 25.3 Å². The van der Waals surface area contributed by atoms with Crippen LogP contribution in [-0.2, 0) is 4.79 Å². The molecule has 0 aliphatic heterocycles. The highest BCUT2D eigenvalue weighted by molar-refractivity contribution is 5.92. The van der Waals surface area contributed by atoms with Gasteiger partial charge in [-0.25, -0.2) is 0 Å². The van der Waals surface area contributed by atoms with Crippen molar-refractivity contribution in [3.8, 4) is 28.7 Å². The Kier molecular flexibility index (Phi) is 6.54. The molecule has 26 heavy (non-hydrogen) atoms. The second-order valence-corrected chi connectivity index (χ2v) is 5.41. The van der Waals surface area contributed by atoms with Crippen molar-refractivity contribution >= 4 is 11.6 Å². The molecule has 0 unspecified atom stereocenters. The Morgan fingerprint density at radius 1 is 0.846 bits per heavy atom. The SMILES string of the molecule is COc1ccc(NC(=O)COc2c(OC)cc(C)cc2OC)cc1OC. The second kappa shape index (κ2) is 8.84. The summed E-state index contributed by atoms with van der Waals surface area (Å²) in [5.74, 6) is 2.15. The van der Waals surface area contributed by atoms with Gasteiger partial charge in [-0.3, -0.25) is 4.79 Å². The number of aryl methyl sites for hydroxylation is 1. The Labute approximate surface area is 152 Å². The molecule has 140 valence electrons. The zero-order valence-electron chi connectivity index (χ0n) is 15.5. The monoisotopic (exact) mass is 361 g/mol. The van der Waals surface area contributed by atoms with Crippen molar-refractivity contribution in [2.24, 2.45) is 0 Å². The first-order chi connectivity index (χ1) is 12.5. The molecule has 0 aliphatic carbocycles. The van der Waals surface area contributed by atoms with Crippen LogP contribution < -0.4 is 29.0 Å². The summed E-state index contributed by atoms with van der Waals surface area (Å²) in [4.78, 5) is 12.2. The molecular formula is C19H23NO6. The van der Waals surface area contributed by atoms with Crippen LogP contribution in [-0.4, -0.2) is 41.0 Å². The smallest absolute Gasteiger partial charge is 0.262 e. The van der Waals surface area contributed by atoms with E-state index in [2.05, 4.69) is 5.32 Å².